The molecule has 8 heteroatoms. The van der Waals surface area contributed by atoms with Gasteiger partial charge in [0.2, 0.25) is 0 Å². The number of thioether (sulfide) groups is 1. The van der Waals surface area contributed by atoms with Crippen LogP contribution in [0.5, 0.6) is 0 Å². The second-order valence-corrected chi connectivity index (χ2v) is 11.8. The van der Waals surface area contributed by atoms with Crippen molar-refractivity contribution in [2.45, 2.75) is 30.5 Å². The Bertz CT molecular complexity index is 1340. The monoisotopic (exact) mass is 543 g/mol. The number of carbonyl (C=O) groups excluding carboxylic acids is 1. The smallest absolute Gasteiger partial charge is 0.264 e. The normalized spacial score (nSPS) is 16.9. The second kappa shape index (κ2) is 11.4. The van der Waals surface area contributed by atoms with Crippen LogP contribution in [0.2, 0.25) is 0 Å². The summed E-state index contributed by atoms with van der Waals surface area (Å²) in [6.07, 6.45) is 5.66. The number of hydrogen-bond acceptors (Lipinski definition) is 7. The number of hydrogen-bond donors (Lipinski definition) is 0. The number of benzene rings is 2. The number of anilines is 1. The van der Waals surface area contributed by atoms with E-state index in [-0.39, 0.29) is 11.9 Å². The third-order valence-electron chi connectivity index (χ3n) is 7.60. The van der Waals surface area contributed by atoms with Gasteiger partial charge in [-0.05, 0) is 42.7 Å². The lowest BCUT2D eigenvalue weighted by atomic mass is 9.96. The SMILES string of the molecule is CSc1nc(N2CCCCC2)c2cc(C(=O)N3CCN(C(c4ccccc4)c4ccccc4)CC3)sc2n1. The van der Waals surface area contributed by atoms with Crippen molar-refractivity contribution in [2.24, 2.45) is 0 Å². The minimum absolute atomic E-state index is 0.110. The summed E-state index contributed by atoms with van der Waals surface area (Å²) in [7, 11) is 0. The molecule has 6 rings (SSSR count). The summed E-state index contributed by atoms with van der Waals surface area (Å²) >= 11 is 3.08. The molecule has 1 amide bonds. The number of carbonyl (C=O) groups is 1. The van der Waals surface area contributed by atoms with Crippen LogP contribution in [0.25, 0.3) is 10.2 Å². The van der Waals surface area contributed by atoms with Crippen molar-refractivity contribution in [1.82, 2.24) is 19.8 Å². The topological polar surface area (TPSA) is 52.6 Å². The van der Waals surface area contributed by atoms with Gasteiger partial charge in [-0.25, -0.2) is 9.97 Å². The van der Waals surface area contributed by atoms with Crippen LogP contribution in [0.15, 0.2) is 71.9 Å². The zero-order chi connectivity index (χ0) is 25.9. The zero-order valence-corrected chi connectivity index (χ0v) is 23.4. The highest BCUT2D eigenvalue weighted by Gasteiger charge is 2.30. The average Bonchev–Trinajstić information content (AvgIpc) is 3.43. The molecule has 0 saturated carbocycles. The lowest BCUT2D eigenvalue weighted by Crippen LogP contribution is -2.49. The van der Waals surface area contributed by atoms with E-state index < -0.39 is 0 Å². The Morgan fingerprint density at radius 1 is 0.842 bits per heavy atom. The highest BCUT2D eigenvalue weighted by atomic mass is 32.2. The molecule has 4 heterocycles. The summed E-state index contributed by atoms with van der Waals surface area (Å²) in [6, 6.07) is 23.6. The van der Waals surface area contributed by atoms with Gasteiger partial charge in [-0.15, -0.1) is 11.3 Å². The first-order chi connectivity index (χ1) is 18.7. The fourth-order valence-electron chi connectivity index (χ4n) is 5.65. The number of amides is 1. The summed E-state index contributed by atoms with van der Waals surface area (Å²) in [5.41, 5.74) is 2.58. The van der Waals surface area contributed by atoms with E-state index >= 15 is 0 Å². The van der Waals surface area contributed by atoms with E-state index in [4.69, 9.17) is 9.97 Å². The Hall–Kier alpha value is -2.94. The molecule has 2 saturated heterocycles. The largest absolute Gasteiger partial charge is 0.356 e. The van der Waals surface area contributed by atoms with Crippen LogP contribution in [0.1, 0.15) is 46.1 Å². The lowest BCUT2D eigenvalue weighted by Gasteiger charge is -2.39. The van der Waals surface area contributed by atoms with Gasteiger partial charge in [-0.3, -0.25) is 9.69 Å². The summed E-state index contributed by atoms with van der Waals surface area (Å²) in [6.45, 7) is 5.13. The predicted octanol–water partition coefficient (Wildman–Crippen LogP) is 5.95. The van der Waals surface area contributed by atoms with E-state index in [1.807, 2.05) is 17.2 Å². The summed E-state index contributed by atoms with van der Waals surface area (Å²) in [5, 5.41) is 1.80. The highest BCUT2D eigenvalue weighted by molar-refractivity contribution is 7.98. The Morgan fingerprint density at radius 2 is 1.47 bits per heavy atom. The quantitative estimate of drug-likeness (QED) is 0.221. The molecule has 0 bridgehead atoms. The van der Waals surface area contributed by atoms with Crippen molar-refractivity contribution in [2.75, 3.05) is 50.4 Å². The molecule has 4 aromatic rings. The van der Waals surface area contributed by atoms with Crippen LogP contribution < -0.4 is 4.90 Å². The first kappa shape index (κ1) is 25.3. The molecule has 6 nitrogen and oxygen atoms in total. The first-order valence-electron chi connectivity index (χ1n) is 13.4. The van der Waals surface area contributed by atoms with Gasteiger partial charge in [0, 0.05) is 39.3 Å². The Labute approximate surface area is 232 Å². The van der Waals surface area contributed by atoms with E-state index in [1.54, 1.807) is 11.8 Å². The second-order valence-electron chi connectivity index (χ2n) is 9.96. The Morgan fingerprint density at radius 3 is 2.08 bits per heavy atom. The maximum atomic E-state index is 13.7. The van der Waals surface area contributed by atoms with E-state index in [9.17, 15) is 4.79 Å². The van der Waals surface area contributed by atoms with Crippen molar-refractivity contribution >= 4 is 45.0 Å². The molecule has 2 aliphatic rings. The van der Waals surface area contributed by atoms with Gasteiger partial charge in [-0.1, -0.05) is 72.4 Å². The van der Waals surface area contributed by atoms with Gasteiger partial charge in [-0.2, -0.15) is 0 Å². The lowest BCUT2D eigenvalue weighted by molar-refractivity contribution is 0.0602. The molecule has 0 N–H and O–H groups in total. The number of aromatic nitrogens is 2. The molecule has 0 atom stereocenters. The molecule has 196 valence electrons. The molecule has 0 spiro atoms. The van der Waals surface area contributed by atoms with Gasteiger partial charge in [0.15, 0.2) is 5.16 Å². The molecule has 0 unspecified atom stereocenters. The van der Waals surface area contributed by atoms with Crippen molar-refractivity contribution in [3.8, 4) is 0 Å². The number of nitrogens with zero attached hydrogens (tertiary/aromatic N) is 5. The summed E-state index contributed by atoms with van der Waals surface area (Å²) in [5.74, 6) is 1.10. The molecule has 2 fully saturated rings. The van der Waals surface area contributed by atoms with Crippen molar-refractivity contribution in [1.29, 1.82) is 0 Å². The van der Waals surface area contributed by atoms with Gasteiger partial charge < -0.3 is 9.80 Å². The maximum Gasteiger partial charge on any atom is 0.264 e. The minimum Gasteiger partial charge on any atom is -0.356 e. The molecular weight excluding hydrogens is 510 g/mol. The Kier molecular flexibility index (Phi) is 7.63. The van der Waals surface area contributed by atoms with Crippen LogP contribution in [0.3, 0.4) is 0 Å². The average molecular weight is 544 g/mol. The van der Waals surface area contributed by atoms with Crippen LogP contribution in [0, 0.1) is 0 Å². The van der Waals surface area contributed by atoms with E-state index in [0.717, 1.165) is 52.2 Å². The summed E-state index contributed by atoms with van der Waals surface area (Å²) in [4.78, 5) is 31.9. The van der Waals surface area contributed by atoms with Crippen LogP contribution in [-0.2, 0) is 0 Å². The van der Waals surface area contributed by atoms with Gasteiger partial charge in [0.05, 0.1) is 16.3 Å². The summed E-state index contributed by atoms with van der Waals surface area (Å²) < 4.78 is 0. The molecule has 0 radical (unpaired) electrons. The van der Waals surface area contributed by atoms with Gasteiger partial charge in [0.25, 0.3) is 5.91 Å². The van der Waals surface area contributed by atoms with E-state index in [1.165, 1.54) is 41.7 Å². The molecular formula is C30H33N5OS2. The third kappa shape index (κ3) is 5.17. The predicted molar refractivity (Wildman–Crippen MR) is 157 cm³/mol. The van der Waals surface area contributed by atoms with Crippen molar-refractivity contribution in [3.05, 3.63) is 82.7 Å². The first-order valence-corrected chi connectivity index (χ1v) is 15.5. The molecule has 2 aromatic heterocycles. The van der Waals surface area contributed by atoms with Gasteiger partial charge in [0.1, 0.15) is 10.6 Å². The number of piperidine rings is 1. The van der Waals surface area contributed by atoms with Gasteiger partial charge >= 0.3 is 0 Å². The minimum atomic E-state index is 0.110. The molecule has 2 aliphatic heterocycles. The number of rotatable bonds is 6. The van der Waals surface area contributed by atoms with E-state index in [0.29, 0.717) is 13.1 Å². The number of fused-ring (bicyclic) bond motifs is 1. The molecule has 38 heavy (non-hydrogen) atoms. The van der Waals surface area contributed by atoms with Crippen LogP contribution >= 0.6 is 23.1 Å². The van der Waals surface area contributed by atoms with Crippen LogP contribution in [-0.4, -0.2) is 71.2 Å². The van der Waals surface area contributed by atoms with Crippen LogP contribution in [0.4, 0.5) is 5.82 Å². The van der Waals surface area contributed by atoms with Crippen molar-refractivity contribution < 1.29 is 4.79 Å². The molecule has 0 aliphatic carbocycles. The maximum absolute atomic E-state index is 13.7. The Balaban J connectivity index is 1.22. The highest BCUT2D eigenvalue weighted by Crippen LogP contribution is 2.35. The fourth-order valence-corrected chi connectivity index (χ4v) is 7.07. The fraction of sp³-hybridized carbons (Fsp3) is 0.367. The third-order valence-corrected chi connectivity index (χ3v) is 9.16. The number of piperazine rings is 1. The molecule has 2 aromatic carbocycles. The number of thiophene rings is 1. The van der Waals surface area contributed by atoms with Crippen molar-refractivity contribution in [3.63, 3.8) is 0 Å². The van der Waals surface area contributed by atoms with E-state index in [2.05, 4.69) is 70.5 Å². The zero-order valence-electron chi connectivity index (χ0n) is 21.8. The standard InChI is InChI=1S/C30H33N5OS2/c1-37-30-31-27(34-15-9-4-10-16-34)24-21-25(38-28(24)32-30)29(36)35-19-17-33(18-20-35)26(22-11-5-2-6-12-22)23-13-7-3-8-14-23/h2-3,5-8,11-14,21,26H,4,9-10,15-20H2,1H3.